The predicted octanol–water partition coefficient (Wildman–Crippen LogP) is 0.215. The molecule has 0 aromatic heterocycles. The van der Waals surface area contributed by atoms with Crippen LogP contribution in [-0.2, 0) is 4.79 Å². The van der Waals surface area contributed by atoms with Gasteiger partial charge in [0, 0.05) is 26.1 Å². The molecule has 0 spiro atoms. The van der Waals surface area contributed by atoms with Gasteiger partial charge in [0.05, 0.1) is 6.04 Å². The summed E-state index contributed by atoms with van der Waals surface area (Å²) in [6.07, 6.45) is 1.18. The molecule has 0 aromatic rings. The summed E-state index contributed by atoms with van der Waals surface area (Å²) < 4.78 is 0. The fourth-order valence-electron chi connectivity index (χ4n) is 2.61. The maximum atomic E-state index is 11.2. The van der Waals surface area contributed by atoms with E-state index >= 15 is 0 Å². The molecule has 3 atom stereocenters. The monoisotopic (exact) mass is 168 g/mol. The molecule has 0 aromatic carbocycles. The molecule has 12 heavy (non-hydrogen) atoms. The van der Waals surface area contributed by atoms with Gasteiger partial charge in [-0.1, -0.05) is 0 Å². The van der Waals surface area contributed by atoms with Crippen LogP contribution in [0, 0.1) is 5.92 Å². The molecule has 3 nitrogen and oxygen atoms in total. The van der Waals surface area contributed by atoms with Gasteiger partial charge in [0.25, 0.3) is 0 Å². The highest BCUT2D eigenvalue weighted by atomic mass is 16.2. The van der Waals surface area contributed by atoms with E-state index in [2.05, 4.69) is 12.2 Å². The molecule has 2 rings (SSSR count). The molecule has 2 aliphatic rings. The molecule has 2 fully saturated rings. The standard InChI is InChI=1S/C9H16N2O/c1-6-9-8(5-10-6)3-4-11(9)7(2)12/h6,8-10H,3-5H2,1-2H3. The fraction of sp³-hybridized carbons (Fsp3) is 0.889. The maximum absolute atomic E-state index is 11.2. The number of nitrogens with zero attached hydrogens (tertiary/aromatic N) is 1. The summed E-state index contributed by atoms with van der Waals surface area (Å²) in [5, 5.41) is 3.41. The van der Waals surface area contributed by atoms with Crippen molar-refractivity contribution in [2.24, 2.45) is 5.92 Å². The average molecular weight is 168 g/mol. The Balaban J connectivity index is 2.14. The molecule has 0 aliphatic carbocycles. The Morgan fingerprint density at radius 1 is 1.58 bits per heavy atom. The first-order valence-corrected chi connectivity index (χ1v) is 4.70. The van der Waals surface area contributed by atoms with Gasteiger partial charge in [-0.05, 0) is 19.3 Å². The summed E-state index contributed by atoms with van der Waals surface area (Å²) in [5.74, 6) is 0.946. The summed E-state index contributed by atoms with van der Waals surface area (Å²) in [6.45, 7) is 5.91. The topological polar surface area (TPSA) is 32.3 Å². The fourth-order valence-corrected chi connectivity index (χ4v) is 2.61. The van der Waals surface area contributed by atoms with Gasteiger partial charge in [0.15, 0.2) is 0 Å². The molecule has 1 N–H and O–H groups in total. The van der Waals surface area contributed by atoms with Crippen molar-refractivity contribution in [3.63, 3.8) is 0 Å². The Hall–Kier alpha value is -0.570. The number of hydrogen-bond acceptors (Lipinski definition) is 2. The number of fused-ring (bicyclic) bond motifs is 1. The van der Waals surface area contributed by atoms with Gasteiger partial charge in [-0.15, -0.1) is 0 Å². The lowest BCUT2D eigenvalue weighted by atomic mass is 10.0. The highest BCUT2D eigenvalue weighted by Crippen LogP contribution is 2.30. The summed E-state index contributed by atoms with van der Waals surface area (Å²) in [4.78, 5) is 13.3. The zero-order chi connectivity index (χ0) is 8.72. The Bertz CT molecular complexity index is 205. The van der Waals surface area contributed by atoms with Crippen molar-refractivity contribution >= 4 is 5.91 Å². The van der Waals surface area contributed by atoms with Crippen LogP contribution in [-0.4, -0.2) is 36.0 Å². The molecule has 3 unspecified atom stereocenters. The Morgan fingerprint density at radius 2 is 2.33 bits per heavy atom. The van der Waals surface area contributed by atoms with Crippen molar-refractivity contribution in [1.29, 1.82) is 0 Å². The molecular weight excluding hydrogens is 152 g/mol. The molecule has 0 saturated carbocycles. The van der Waals surface area contributed by atoms with E-state index in [-0.39, 0.29) is 5.91 Å². The number of likely N-dealkylation sites (tertiary alicyclic amines) is 1. The van der Waals surface area contributed by atoms with Crippen LogP contribution in [0.3, 0.4) is 0 Å². The average Bonchev–Trinajstić information content (AvgIpc) is 2.53. The molecule has 0 bridgehead atoms. The minimum Gasteiger partial charge on any atom is -0.338 e. The number of carbonyl (C=O) groups is 1. The van der Waals surface area contributed by atoms with Gasteiger partial charge in [-0.2, -0.15) is 0 Å². The maximum Gasteiger partial charge on any atom is 0.219 e. The van der Waals surface area contributed by atoms with E-state index in [1.165, 1.54) is 6.42 Å². The van der Waals surface area contributed by atoms with E-state index in [0.29, 0.717) is 18.0 Å². The van der Waals surface area contributed by atoms with Crippen molar-refractivity contribution in [3.05, 3.63) is 0 Å². The third-order valence-corrected chi connectivity index (χ3v) is 3.20. The quantitative estimate of drug-likeness (QED) is 0.561. The van der Waals surface area contributed by atoms with E-state index in [4.69, 9.17) is 0 Å². The summed E-state index contributed by atoms with van der Waals surface area (Å²) >= 11 is 0. The second kappa shape index (κ2) is 2.73. The van der Waals surface area contributed by atoms with Crippen LogP contribution in [0.2, 0.25) is 0 Å². The summed E-state index contributed by atoms with van der Waals surface area (Å²) in [7, 11) is 0. The van der Waals surface area contributed by atoms with Gasteiger partial charge in [0.2, 0.25) is 5.91 Å². The highest BCUT2D eigenvalue weighted by Gasteiger charge is 2.42. The summed E-state index contributed by atoms with van der Waals surface area (Å²) in [6, 6.07) is 0.962. The lowest BCUT2D eigenvalue weighted by Gasteiger charge is -2.25. The lowest BCUT2D eigenvalue weighted by Crippen LogP contribution is -2.42. The minimum atomic E-state index is 0.234. The van der Waals surface area contributed by atoms with E-state index in [1.54, 1.807) is 6.92 Å². The largest absolute Gasteiger partial charge is 0.338 e. The Morgan fingerprint density at radius 3 is 3.00 bits per heavy atom. The zero-order valence-corrected chi connectivity index (χ0v) is 7.71. The second-order valence-corrected chi connectivity index (χ2v) is 3.95. The Kier molecular flexibility index (Phi) is 1.83. The molecule has 2 heterocycles. The van der Waals surface area contributed by atoms with Crippen LogP contribution in [0.25, 0.3) is 0 Å². The van der Waals surface area contributed by atoms with Crippen LogP contribution in [0.4, 0.5) is 0 Å². The predicted molar refractivity (Wildman–Crippen MR) is 46.7 cm³/mol. The van der Waals surface area contributed by atoms with E-state index < -0.39 is 0 Å². The van der Waals surface area contributed by atoms with Gasteiger partial charge in [0.1, 0.15) is 0 Å². The first-order valence-electron chi connectivity index (χ1n) is 4.70. The molecule has 0 radical (unpaired) electrons. The van der Waals surface area contributed by atoms with Gasteiger partial charge in [-0.25, -0.2) is 0 Å². The highest BCUT2D eigenvalue weighted by molar-refractivity contribution is 5.74. The lowest BCUT2D eigenvalue weighted by molar-refractivity contribution is -0.130. The summed E-state index contributed by atoms with van der Waals surface area (Å²) in [5.41, 5.74) is 0. The van der Waals surface area contributed by atoms with Crippen molar-refractivity contribution < 1.29 is 4.79 Å². The number of amides is 1. The smallest absolute Gasteiger partial charge is 0.219 e. The van der Waals surface area contributed by atoms with E-state index in [9.17, 15) is 4.79 Å². The van der Waals surface area contributed by atoms with Crippen LogP contribution in [0.15, 0.2) is 0 Å². The van der Waals surface area contributed by atoms with Gasteiger partial charge in [-0.3, -0.25) is 4.79 Å². The van der Waals surface area contributed by atoms with Crippen LogP contribution in [0.5, 0.6) is 0 Å². The van der Waals surface area contributed by atoms with Crippen molar-refractivity contribution in [1.82, 2.24) is 10.2 Å². The first kappa shape index (κ1) is 8.05. The molecule has 68 valence electrons. The molecular formula is C9H16N2O. The molecule has 3 heteroatoms. The second-order valence-electron chi connectivity index (χ2n) is 3.95. The van der Waals surface area contributed by atoms with Crippen molar-refractivity contribution in [2.75, 3.05) is 13.1 Å². The van der Waals surface area contributed by atoms with Crippen LogP contribution >= 0.6 is 0 Å². The van der Waals surface area contributed by atoms with Crippen molar-refractivity contribution in [2.45, 2.75) is 32.4 Å². The molecule has 2 saturated heterocycles. The number of hydrogen-bond donors (Lipinski definition) is 1. The van der Waals surface area contributed by atoms with E-state index in [0.717, 1.165) is 13.1 Å². The number of carbonyl (C=O) groups excluding carboxylic acids is 1. The number of nitrogens with one attached hydrogen (secondary N) is 1. The minimum absolute atomic E-state index is 0.234. The molecule has 1 amide bonds. The molecule has 2 aliphatic heterocycles. The normalized spacial score (nSPS) is 40.2. The van der Waals surface area contributed by atoms with Crippen molar-refractivity contribution in [3.8, 4) is 0 Å². The van der Waals surface area contributed by atoms with E-state index in [1.807, 2.05) is 4.90 Å². The first-order chi connectivity index (χ1) is 5.70. The SMILES string of the molecule is CC(=O)N1CCC2CNC(C)C21. The third-order valence-electron chi connectivity index (χ3n) is 3.20. The van der Waals surface area contributed by atoms with Crippen LogP contribution < -0.4 is 5.32 Å². The number of rotatable bonds is 0. The van der Waals surface area contributed by atoms with Gasteiger partial charge < -0.3 is 10.2 Å². The van der Waals surface area contributed by atoms with Crippen LogP contribution in [0.1, 0.15) is 20.3 Å². The third kappa shape index (κ3) is 1.04. The Labute approximate surface area is 73.1 Å². The van der Waals surface area contributed by atoms with Gasteiger partial charge >= 0.3 is 0 Å². The zero-order valence-electron chi connectivity index (χ0n) is 7.71.